The van der Waals surface area contributed by atoms with E-state index in [0.29, 0.717) is 18.2 Å². The highest BCUT2D eigenvalue weighted by Gasteiger charge is 2.17. The van der Waals surface area contributed by atoms with Gasteiger partial charge in [-0.2, -0.15) is 0 Å². The van der Waals surface area contributed by atoms with Crippen molar-refractivity contribution in [3.8, 4) is 0 Å². The van der Waals surface area contributed by atoms with Gasteiger partial charge in [0.2, 0.25) is 5.91 Å². The Labute approximate surface area is 122 Å². The van der Waals surface area contributed by atoms with Gasteiger partial charge in [-0.15, -0.1) is 0 Å². The zero-order valence-electron chi connectivity index (χ0n) is 11.8. The van der Waals surface area contributed by atoms with Crippen LogP contribution in [0, 0.1) is 0 Å². The lowest BCUT2D eigenvalue weighted by Crippen LogP contribution is -2.39. The molecule has 0 radical (unpaired) electrons. The molecule has 0 bridgehead atoms. The molecule has 0 fully saturated rings. The van der Waals surface area contributed by atoms with Gasteiger partial charge in [-0.1, -0.05) is 0 Å². The number of rotatable bonds is 6. The summed E-state index contributed by atoms with van der Waals surface area (Å²) in [6.45, 7) is 5.68. The van der Waals surface area contributed by atoms with Crippen molar-refractivity contribution in [2.75, 3.05) is 43.9 Å². The average molecular weight is 330 g/mol. The number of amides is 1. The molecule has 0 spiro atoms. The normalized spacial score (nSPS) is 10.2. The second-order valence-electron chi connectivity index (χ2n) is 4.03. The third-order valence-corrected chi connectivity index (χ3v) is 3.59. The van der Waals surface area contributed by atoms with Gasteiger partial charge in [0.1, 0.15) is 22.4 Å². The smallest absolute Gasteiger partial charge is 0.242 e. The Balaban J connectivity index is 2.84. The average Bonchev–Trinajstić information content (AvgIpc) is 2.40. The van der Waals surface area contributed by atoms with Crippen LogP contribution in [-0.4, -0.2) is 54.5 Å². The number of hydrogen-bond donors (Lipinski definition) is 1. The highest BCUT2D eigenvalue weighted by Crippen LogP contribution is 2.28. The van der Waals surface area contributed by atoms with Crippen molar-refractivity contribution in [2.24, 2.45) is 0 Å². The van der Waals surface area contributed by atoms with Gasteiger partial charge < -0.3 is 15.1 Å². The van der Waals surface area contributed by atoms with E-state index in [2.05, 4.69) is 31.2 Å². The first kappa shape index (κ1) is 15.7. The first-order valence-corrected chi connectivity index (χ1v) is 7.01. The summed E-state index contributed by atoms with van der Waals surface area (Å²) in [7, 11) is 3.63. The van der Waals surface area contributed by atoms with Gasteiger partial charge in [0.15, 0.2) is 0 Å². The first-order chi connectivity index (χ1) is 9.04. The van der Waals surface area contributed by atoms with Crippen LogP contribution in [0.15, 0.2) is 10.8 Å². The van der Waals surface area contributed by atoms with Gasteiger partial charge in [0.25, 0.3) is 0 Å². The molecule has 0 unspecified atom stereocenters. The number of carbonyl (C=O) groups is 1. The van der Waals surface area contributed by atoms with Crippen LogP contribution >= 0.6 is 15.9 Å². The van der Waals surface area contributed by atoms with Crippen molar-refractivity contribution in [3.05, 3.63) is 10.8 Å². The second-order valence-corrected chi connectivity index (χ2v) is 4.82. The van der Waals surface area contributed by atoms with E-state index < -0.39 is 0 Å². The monoisotopic (exact) mass is 329 g/mol. The fraction of sp³-hybridized carbons (Fsp3) is 0.583. The number of aromatic nitrogens is 2. The zero-order valence-corrected chi connectivity index (χ0v) is 13.4. The molecule has 1 aromatic rings. The van der Waals surface area contributed by atoms with Crippen LogP contribution in [-0.2, 0) is 4.79 Å². The molecular formula is C12H20BrN5O. The largest absolute Gasteiger partial charge is 0.372 e. The predicted molar refractivity (Wildman–Crippen MR) is 80.5 cm³/mol. The molecule has 0 aliphatic rings. The van der Waals surface area contributed by atoms with Crippen LogP contribution in [0.4, 0.5) is 11.6 Å². The summed E-state index contributed by atoms with van der Waals surface area (Å²) in [5.41, 5.74) is 0. The molecular weight excluding hydrogens is 310 g/mol. The Morgan fingerprint density at radius 3 is 2.53 bits per heavy atom. The van der Waals surface area contributed by atoms with E-state index in [1.54, 1.807) is 11.9 Å². The van der Waals surface area contributed by atoms with E-state index in [4.69, 9.17) is 0 Å². The summed E-state index contributed by atoms with van der Waals surface area (Å²) in [5, 5.41) is 2.97. The van der Waals surface area contributed by atoms with Gasteiger partial charge in [0.05, 0.1) is 6.54 Å². The number of likely N-dealkylation sites (N-methyl/N-ethyl adjacent to an activating group) is 2. The summed E-state index contributed by atoms with van der Waals surface area (Å²) in [5.74, 6) is 1.48. The van der Waals surface area contributed by atoms with E-state index in [-0.39, 0.29) is 5.91 Å². The lowest BCUT2D eigenvalue weighted by molar-refractivity contribution is -0.129. The lowest BCUT2D eigenvalue weighted by atomic mass is 10.4. The van der Waals surface area contributed by atoms with E-state index in [1.807, 2.05) is 25.8 Å². The van der Waals surface area contributed by atoms with Gasteiger partial charge in [-0.25, -0.2) is 9.97 Å². The number of halogens is 1. The fourth-order valence-corrected chi connectivity index (χ4v) is 2.46. The van der Waals surface area contributed by atoms with Crippen LogP contribution in [0.5, 0.6) is 0 Å². The molecule has 0 aromatic carbocycles. The van der Waals surface area contributed by atoms with E-state index in [0.717, 1.165) is 17.6 Å². The van der Waals surface area contributed by atoms with Crippen LogP contribution < -0.4 is 10.2 Å². The fourth-order valence-electron chi connectivity index (χ4n) is 1.76. The Kier molecular flexibility index (Phi) is 6.01. The van der Waals surface area contributed by atoms with Crippen molar-refractivity contribution < 1.29 is 4.79 Å². The Morgan fingerprint density at radius 1 is 1.37 bits per heavy atom. The minimum atomic E-state index is 0.0871. The third kappa shape index (κ3) is 3.79. The number of anilines is 2. The highest BCUT2D eigenvalue weighted by molar-refractivity contribution is 9.10. The van der Waals surface area contributed by atoms with Crippen LogP contribution in [0.3, 0.4) is 0 Å². The van der Waals surface area contributed by atoms with Gasteiger partial charge in [-0.05, 0) is 29.8 Å². The predicted octanol–water partition coefficient (Wildman–Crippen LogP) is 1.59. The molecule has 0 aliphatic carbocycles. The van der Waals surface area contributed by atoms with Crippen molar-refractivity contribution >= 4 is 33.5 Å². The SMILES string of the molecule is CCN(CC)C(=O)CN(C)c1ncnc(NC)c1Br. The van der Waals surface area contributed by atoms with Crippen molar-refractivity contribution in [2.45, 2.75) is 13.8 Å². The Morgan fingerprint density at radius 2 is 2.00 bits per heavy atom. The summed E-state index contributed by atoms with van der Waals surface area (Å²) in [4.78, 5) is 24.0. The van der Waals surface area contributed by atoms with Crippen molar-refractivity contribution in [1.29, 1.82) is 0 Å². The number of hydrogen-bond acceptors (Lipinski definition) is 5. The summed E-state index contributed by atoms with van der Waals surface area (Å²) >= 11 is 3.45. The van der Waals surface area contributed by atoms with Crippen molar-refractivity contribution in [3.63, 3.8) is 0 Å². The molecule has 0 saturated heterocycles. The Bertz CT molecular complexity index is 436. The van der Waals surface area contributed by atoms with E-state index in [9.17, 15) is 4.79 Å². The van der Waals surface area contributed by atoms with E-state index >= 15 is 0 Å². The summed E-state index contributed by atoms with van der Waals surface area (Å²) in [6.07, 6.45) is 1.48. The molecule has 0 aliphatic heterocycles. The molecule has 1 amide bonds. The number of carbonyl (C=O) groups excluding carboxylic acids is 1. The number of nitrogens with one attached hydrogen (secondary N) is 1. The molecule has 7 heteroatoms. The molecule has 1 aromatic heterocycles. The van der Waals surface area contributed by atoms with Gasteiger partial charge in [0, 0.05) is 27.2 Å². The minimum absolute atomic E-state index is 0.0871. The molecule has 106 valence electrons. The maximum Gasteiger partial charge on any atom is 0.242 e. The molecule has 6 nitrogen and oxygen atoms in total. The van der Waals surface area contributed by atoms with Crippen LogP contribution in [0.1, 0.15) is 13.8 Å². The topological polar surface area (TPSA) is 61.4 Å². The molecule has 1 N–H and O–H groups in total. The molecule has 1 rings (SSSR count). The van der Waals surface area contributed by atoms with Gasteiger partial charge in [-0.3, -0.25) is 4.79 Å². The maximum absolute atomic E-state index is 12.1. The van der Waals surface area contributed by atoms with Crippen LogP contribution in [0.25, 0.3) is 0 Å². The Hall–Kier alpha value is -1.37. The lowest BCUT2D eigenvalue weighted by Gasteiger charge is -2.24. The molecule has 19 heavy (non-hydrogen) atoms. The summed E-state index contributed by atoms with van der Waals surface area (Å²) < 4.78 is 0.757. The molecule has 0 atom stereocenters. The third-order valence-electron chi connectivity index (χ3n) is 2.86. The van der Waals surface area contributed by atoms with Crippen LogP contribution in [0.2, 0.25) is 0 Å². The van der Waals surface area contributed by atoms with E-state index in [1.165, 1.54) is 6.33 Å². The minimum Gasteiger partial charge on any atom is -0.372 e. The first-order valence-electron chi connectivity index (χ1n) is 6.22. The zero-order chi connectivity index (χ0) is 14.4. The quantitative estimate of drug-likeness (QED) is 0.858. The standard InChI is InChI=1S/C12H20BrN5O/c1-5-18(6-2)9(19)7-17(4)12-10(13)11(14-3)15-8-16-12/h8H,5-7H2,1-4H3,(H,14,15,16). The summed E-state index contributed by atoms with van der Waals surface area (Å²) in [6, 6.07) is 0. The maximum atomic E-state index is 12.1. The molecule has 0 saturated carbocycles. The molecule has 1 heterocycles. The van der Waals surface area contributed by atoms with Gasteiger partial charge >= 0.3 is 0 Å². The second kappa shape index (κ2) is 7.28. The number of nitrogens with zero attached hydrogens (tertiary/aromatic N) is 4. The highest BCUT2D eigenvalue weighted by atomic mass is 79.9. The van der Waals surface area contributed by atoms with Crippen molar-refractivity contribution in [1.82, 2.24) is 14.9 Å².